The van der Waals surface area contributed by atoms with Crippen molar-refractivity contribution < 1.29 is 0 Å². The summed E-state index contributed by atoms with van der Waals surface area (Å²) in [4.78, 5) is 0. The summed E-state index contributed by atoms with van der Waals surface area (Å²) in [7, 11) is 0. The summed E-state index contributed by atoms with van der Waals surface area (Å²) in [5, 5.41) is 0.802. The minimum absolute atomic E-state index is 0.115. The second-order valence-electron chi connectivity index (χ2n) is 2.97. The molecule has 1 atom stereocenters. The Morgan fingerprint density at radius 1 is 1.50 bits per heavy atom. The van der Waals surface area contributed by atoms with Crippen LogP contribution in [0.1, 0.15) is 30.5 Å². The SMILES string of the molecule is CCC(N)c1cccc(Cl)c1C. The Morgan fingerprint density at radius 3 is 2.75 bits per heavy atom. The van der Waals surface area contributed by atoms with Gasteiger partial charge in [0.25, 0.3) is 0 Å². The summed E-state index contributed by atoms with van der Waals surface area (Å²) in [5.74, 6) is 0. The molecule has 0 bridgehead atoms. The van der Waals surface area contributed by atoms with Gasteiger partial charge >= 0.3 is 0 Å². The molecule has 0 aliphatic rings. The van der Waals surface area contributed by atoms with Gasteiger partial charge in [-0.15, -0.1) is 0 Å². The zero-order chi connectivity index (χ0) is 9.14. The summed E-state index contributed by atoms with van der Waals surface area (Å²) >= 11 is 5.96. The lowest BCUT2D eigenvalue weighted by molar-refractivity contribution is 0.694. The fourth-order valence-electron chi connectivity index (χ4n) is 1.25. The molecule has 0 saturated heterocycles. The molecule has 12 heavy (non-hydrogen) atoms. The van der Waals surface area contributed by atoms with Crippen molar-refractivity contribution in [1.82, 2.24) is 0 Å². The summed E-state index contributed by atoms with van der Waals surface area (Å²) in [6, 6.07) is 5.99. The third kappa shape index (κ3) is 1.79. The molecule has 0 aliphatic carbocycles. The van der Waals surface area contributed by atoms with Gasteiger partial charge in [-0.2, -0.15) is 0 Å². The predicted molar refractivity (Wildman–Crippen MR) is 53.4 cm³/mol. The highest BCUT2D eigenvalue weighted by molar-refractivity contribution is 6.31. The Labute approximate surface area is 78.5 Å². The molecule has 1 aromatic carbocycles. The van der Waals surface area contributed by atoms with E-state index in [2.05, 4.69) is 6.92 Å². The van der Waals surface area contributed by atoms with Gasteiger partial charge < -0.3 is 5.73 Å². The lowest BCUT2D eigenvalue weighted by atomic mass is 10.0. The van der Waals surface area contributed by atoms with E-state index in [-0.39, 0.29) is 6.04 Å². The van der Waals surface area contributed by atoms with Crippen LogP contribution in [0.5, 0.6) is 0 Å². The maximum absolute atomic E-state index is 5.96. The van der Waals surface area contributed by atoms with Gasteiger partial charge in [-0.1, -0.05) is 30.7 Å². The number of nitrogens with two attached hydrogens (primary N) is 1. The van der Waals surface area contributed by atoms with Gasteiger partial charge in [0.1, 0.15) is 0 Å². The molecule has 66 valence electrons. The van der Waals surface area contributed by atoms with Crippen LogP contribution in [0, 0.1) is 6.92 Å². The zero-order valence-corrected chi connectivity index (χ0v) is 8.23. The van der Waals surface area contributed by atoms with Crippen LogP contribution in [-0.4, -0.2) is 0 Å². The lowest BCUT2D eigenvalue weighted by Crippen LogP contribution is -2.10. The van der Waals surface area contributed by atoms with Crippen LogP contribution >= 0.6 is 11.6 Å². The summed E-state index contributed by atoms with van der Waals surface area (Å²) in [6.45, 7) is 4.08. The van der Waals surface area contributed by atoms with E-state index in [0.29, 0.717) is 0 Å². The first-order valence-corrected chi connectivity index (χ1v) is 4.55. The van der Waals surface area contributed by atoms with Crippen LogP contribution in [0.15, 0.2) is 18.2 Å². The van der Waals surface area contributed by atoms with E-state index in [0.717, 1.165) is 22.6 Å². The quantitative estimate of drug-likeness (QED) is 0.750. The second-order valence-corrected chi connectivity index (χ2v) is 3.38. The maximum atomic E-state index is 5.96. The van der Waals surface area contributed by atoms with Gasteiger partial charge in [0.15, 0.2) is 0 Å². The fraction of sp³-hybridized carbons (Fsp3) is 0.400. The first-order chi connectivity index (χ1) is 5.66. The van der Waals surface area contributed by atoms with Crippen molar-refractivity contribution in [3.63, 3.8) is 0 Å². The van der Waals surface area contributed by atoms with Gasteiger partial charge in [0.05, 0.1) is 0 Å². The largest absolute Gasteiger partial charge is 0.324 e. The van der Waals surface area contributed by atoms with Gasteiger partial charge in [-0.3, -0.25) is 0 Å². The average Bonchev–Trinajstić information content (AvgIpc) is 2.08. The van der Waals surface area contributed by atoms with Crippen molar-refractivity contribution >= 4 is 11.6 Å². The monoisotopic (exact) mass is 183 g/mol. The average molecular weight is 184 g/mol. The predicted octanol–water partition coefficient (Wildman–Crippen LogP) is 3.06. The highest BCUT2D eigenvalue weighted by Crippen LogP contribution is 2.24. The van der Waals surface area contributed by atoms with Gasteiger partial charge in [-0.25, -0.2) is 0 Å². The molecule has 0 heterocycles. The van der Waals surface area contributed by atoms with Crippen LogP contribution in [0.25, 0.3) is 0 Å². The van der Waals surface area contributed by atoms with Crippen LogP contribution in [0.3, 0.4) is 0 Å². The van der Waals surface area contributed by atoms with Crippen LogP contribution in [0.2, 0.25) is 5.02 Å². The number of hydrogen-bond donors (Lipinski definition) is 1. The van der Waals surface area contributed by atoms with Crippen LogP contribution < -0.4 is 5.73 Å². The smallest absolute Gasteiger partial charge is 0.0438 e. The normalized spacial score (nSPS) is 13.0. The first-order valence-electron chi connectivity index (χ1n) is 4.17. The van der Waals surface area contributed by atoms with Gasteiger partial charge in [-0.05, 0) is 30.5 Å². The molecule has 0 spiro atoms. The minimum atomic E-state index is 0.115. The van der Waals surface area contributed by atoms with E-state index < -0.39 is 0 Å². The number of rotatable bonds is 2. The second kappa shape index (κ2) is 3.92. The van der Waals surface area contributed by atoms with Crippen LogP contribution in [0.4, 0.5) is 0 Å². The molecule has 0 fully saturated rings. The molecule has 0 amide bonds. The molecule has 0 radical (unpaired) electrons. The molecule has 0 aliphatic heterocycles. The maximum Gasteiger partial charge on any atom is 0.0438 e. The number of benzene rings is 1. The Morgan fingerprint density at radius 2 is 2.17 bits per heavy atom. The van der Waals surface area contributed by atoms with Gasteiger partial charge in [0.2, 0.25) is 0 Å². The van der Waals surface area contributed by atoms with Crippen molar-refractivity contribution in [3.05, 3.63) is 34.3 Å². The van der Waals surface area contributed by atoms with E-state index in [1.165, 1.54) is 0 Å². The summed E-state index contributed by atoms with van der Waals surface area (Å²) in [6.07, 6.45) is 0.946. The van der Waals surface area contributed by atoms with Crippen LogP contribution in [-0.2, 0) is 0 Å². The zero-order valence-electron chi connectivity index (χ0n) is 7.47. The molecule has 1 rings (SSSR count). The van der Waals surface area contributed by atoms with E-state index in [1.807, 2.05) is 25.1 Å². The minimum Gasteiger partial charge on any atom is -0.324 e. The molecule has 2 heteroatoms. The van der Waals surface area contributed by atoms with E-state index >= 15 is 0 Å². The standard InChI is InChI=1S/C10H14ClN/c1-3-10(12)8-5-4-6-9(11)7(8)2/h4-6,10H,3,12H2,1-2H3. The molecular weight excluding hydrogens is 170 g/mol. The lowest BCUT2D eigenvalue weighted by Gasteiger charge is -2.12. The molecule has 0 aromatic heterocycles. The Balaban J connectivity index is 3.07. The fourth-order valence-corrected chi connectivity index (χ4v) is 1.43. The number of halogens is 1. The highest BCUT2D eigenvalue weighted by atomic mass is 35.5. The van der Waals surface area contributed by atoms with Crippen molar-refractivity contribution in [2.45, 2.75) is 26.3 Å². The van der Waals surface area contributed by atoms with Gasteiger partial charge in [0, 0.05) is 11.1 Å². The van der Waals surface area contributed by atoms with Crippen molar-refractivity contribution in [3.8, 4) is 0 Å². The molecule has 0 saturated carbocycles. The van der Waals surface area contributed by atoms with E-state index in [9.17, 15) is 0 Å². The Bertz CT molecular complexity index is 271. The van der Waals surface area contributed by atoms with Crippen molar-refractivity contribution in [2.75, 3.05) is 0 Å². The molecule has 1 unspecified atom stereocenters. The first kappa shape index (κ1) is 9.56. The highest BCUT2D eigenvalue weighted by Gasteiger charge is 2.07. The molecule has 1 nitrogen and oxygen atoms in total. The van der Waals surface area contributed by atoms with E-state index in [1.54, 1.807) is 0 Å². The Kier molecular flexibility index (Phi) is 3.12. The molecule has 1 aromatic rings. The van der Waals surface area contributed by atoms with Crippen molar-refractivity contribution in [1.29, 1.82) is 0 Å². The Hall–Kier alpha value is -0.530. The van der Waals surface area contributed by atoms with Crippen molar-refractivity contribution in [2.24, 2.45) is 5.73 Å². The molecular formula is C10H14ClN. The summed E-state index contributed by atoms with van der Waals surface area (Å²) in [5.41, 5.74) is 8.17. The van der Waals surface area contributed by atoms with E-state index in [4.69, 9.17) is 17.3 Å². The molecule has 2 N–H and O–H groups in total. The third-order valence-corrected chi connectivity index (χ3v) is 2.56. The topological polar surface area (TPSA) is 26.0 Å². The third-order valence-electron chi connectivity index (χ3n) is 2.15. The number of hydrogen-bond acceptors (Lipinski definition) is 1. The summed E-state index contributed by atoms with van der Waals surface area (Å²) < 4.78 is 0.